The van der Waals surface area contributed by atoms with E-state index in [0.717, 1.165) is 12.8 Å². The van der Waals surface area contributed by atoms with Crippen molar-refractivity contribution in [1.29, 1.82) is 0 Å². The summed E-state index contributed by atoms with van der Waals surface area (Å²) in [5, 5.41) is 9.45. The van der Waals surface area contributed by atoms with Gasteiger partial charge in [-0.15, -0.1) is 0 Å². The van der Waals surface area contributed by atoms with Crippen molar-refractivity contribution in [3.63, 3.8) is 0 Å². The van der Waals surface area contributed by atoms with E-state index in [4.69, 9.17) is 5.73 Å². The molecule has 0 aliphatic rings. The van der Waals surface area contributed by atoms with E-state index in [-0.39, 0.29) is 0 Å². The minimum atomic E-state index is -0.838. The molecule has 0 heterocycles. The van der Waals surface area contributed by atoms with Gasteiger partial charge in [0.1, 0.15) is 6.29 Å². The van der Waals surface area contributed by atoms with Crippen molar-refractivity contribution in [2.75, 3.05) is 0 Å². The highest BCUT2D eigenvalue weighted by molar-refractivity contribution is 5.58. The van der Waals surface area contributed by atoms with Gasteiger partial charge in [-0.1, -0.05) is 83.3 Å². The van der Waals surface area contributed by atoms with Crippen molar-refractivity contribution >= 4 is 6.29 Å². The molecule has 0 aromatic rings. The first-order valence-electron chi connectivity index (χ1n) is 8.78. The first-order chi connectivity index (χ1) is 10.2. The van der Waals surface area contributed by atoms with Gasteiger partial charge in [-0.3, -0.25) is 0 Å². The summed E-state index contributed by atoms with van der Waals surface area (Å²) in [5.74, 6) is 0. The van der Waals surface area contributed by atoms with Gasteiger partial charge in [0.15, 0.2) is 0 Å². The minimum absolute atomic E-state index is 0.581. The number of hydrogen-bond donors (Lipinski definition) is 2. The maximum atomic E-state index is 10.4. The van der Waals surface area contributed by atoms with E-state index in [1.807, 2.05) is 6.08 Å². The van der Waals surface area contributed by atoms with Gasteiger partial charge in [0.2, 0.25) is 0 Å². The zero-order chi connectivity index (χ0) is 15.8. The number of unbranched alkanes of at least 4 members (excludes halogenated alkanes) is 11. The van der Waals surface area contributed by atoms with Crippen LogP contribution >= 0.6 is 0 Å². The molecule has 0 aromatic heterocycles. The lowest BCUT2D eigenvalue weighted by molar-refractivity contribution is -0.110. The van der Waals surface area contributed by atoms with E-state index in [0.29, 0.717) is 6.29 Å². The number of allylic oxidation sites excluding steroid dienone is 1. The summed E-state index contributed by atoms with van der Waals surface area (Å²) in [6, 6.07) is -0.793. The largest absolute Gasteiger partial charge is 0.387 e. The molecule has 0 aliphatic heterocycles. The Morgan fingerprint density at radius 1 is 0.905 bits per heavy atom. The van der Waals surface area contributed by atoms with Crippen LogP contribution in [0.25, 0.3) is 0 Å². The number of carbonyl (C=O) groups is 1. The molecule has 0 rings (SSSR count). The van der Waals surface area contributed by atoms with E-state index in [2.05, 4.69) is 6.92 Å². The number of hydrogen-bond acceptors (Lipinski definition) is 3. The fraction of sp³-hybridized carbons (Fsp3) is 0.833. The minimum Gasteiger partial charge on any atom is -0.387 e. The van der Waals surface area contributed by atoms with Gasteiger partial charge in [-0.25, -0.2) is 0 Å². The molecule has 0 aromatic carbocycles. The van der Waals surface area contributed by atoms with Crippen molar-refractivity contribution in [3.05, 3.63) is 12.2 Å². The van der Waals surface area contributed by atoms with Crippen LogP contribution in [0.2, 0.25) is 0 Å². The van der Waals surface area contributed by atoms with E-state index in [1.54, 1.807) is 6.08 Å². The third kappa shape index (κ3) is 14.0. The van der Waals surface area contributed by atoms with Gasteiger partial charge in [0.05, 0.1) is 12.1 Å². The van der Waals surface area contributed by atoms with Gasteiger partial charge in [-0.2, -0.15) is 0 Å². The highest BCUT2D eigenvalue weighted by atomic mass is 16.3. The molecule has 0 amide bonds. The second-order valence-corrected chi connectivity index (χ2v) is 5.96. The summed E-state index contributed by atoms with van der Waals surface area (Å²) < 4.78 is 0. The molecule has 0 saturated carbocycles. The fourth-order valence-electron chi connectivity index (χ4n) is 2.37. The average Bonchev–Trinajstić information content (AvgIpc) is 2.50. The lowest BCUT2D eigenvalue weighted by Crippen LogP contribution is -2.34. The first-order valence-corrected chi connectivity index (χ1v) is 8.78. The lowest BCUT2D eigenvalue weighted by atomic mass is 10.0. The molecule has 3 N–H and O–H groups in total. The van der Waals surface area contributed by atoms with Gasteiger partial charge < -0.3 is 15.6 Å². The number of aliphatic hydroxyl groups excluding tert-OH is 1. The fourth-order valence-corrected chi connectivity index (χ4v) is 2.37. The summed E-state index contributed by atoms with van der Waals surface area (Å²) in [6.07, 6.45) is 19.0. The first kappa shape index (κ1) is 20.3. The Labute approximate surface area is 131 Å². The summed E-state index contributed by atoms with van der Waals surface area (Å²) in [4.78, 5) is 10.4. The average molecular weight is 297 g/mol. The Morgan fingerprint density at radius 2 is 1.38 bits per heavy atom. The number of aliphatic hydroxyl groups is 1. The van der Waals surface area contributed by atoms with Crippen LogP contribution in [-0.4, -0.2) is 23.5 Å². The van der Waals surface area contributed by atoms with Crippen LogP contribution in [0.5, 0.6) is 0 Å². The van der Waals surface area contributed by atoms with Crippen LogP contribution in [0.1, 0.15) is 84.0 Å². The summed E-state index contributed by atoms with van der Waals surface area (Å²) in [7, 11) is 0. The SMILES string of the molecule is CCCCCCCCCCCCC/C=C/[C@@H](O)[C@@H](N)C=O. The van der Waals surface area contributed by atoms with Gasteiger partial charge in [0, 0.05) is 0 Å². The summed E-state index contributed by atoms with van der Waals surface area (Å²) in [6.45, 7) is 2.26. The molecule has 0 aliphatic carbocycles. The number of aldehydes is 1. The highest BCUT2D eigenvalue weighted by Gasteiger charge is 2.08. The monoisotopic (exact) mass is 297 g/mol. The van der Waals surface area contributed by atoms with Crippen LogP contribution in [-0.2, 0) is 4.79 Å². The topological polar surface area (TPSA) is 63.3 Å². The van der Waals surface area contributed by atoms with Crippen LogP contribution in [0.3, 0.4) is 0 Å². The second-order valence-electron chi connectivity index (χ2n) is 5.96. The van der Waals surface area contributed by atoms with Gasteiger partial charge in [0.25, 0.3) is 0 Å². The third-order valence-electron chi connectivity index (χ3n) is 3.86. The highest BCUT2D eigenvalue weighted by Crippen LogP contribution is 2.12. The number of rotatable bonds is 15. The van der Waals surface area contributed by atoms with Crippen LogP contribution in [0.15, 0.2) is 12.2 Å². The lowest BCUT2D eigenvalue weighted by Gasteiger charge is -2.07. The predicted molar refractivity (Wildman–Crippen MR) is 90.3 cm³/mol. The zero-order valence-electron chi connectivity index (χ0n) is 13.8. The predicted octanol–water partition coefficient (Wildman–Crippen LogP) is 4.13. The molecule has 124 valence electrons. The van der Waals surface area contributed by atoms with Crippen LogP contribution in [0, 0.1) is 0 Å². The normalized spacial score (nSPS) is 14.4. The maximum absolute atomic E-state index is 10.4. The smallest absolute Gasteiger partial charge is 0.139 e. The quantitative estimate of drug-likeness (QED) is 0.271. The van der Waals surface area contributed by atoms with Crippen LogP contribution < -0.4 is 5.73 Å². The molecular formula is C18H35NO2. The third-order valence-corrected chi connectivity index (χ3v) is 3.86. The second kappa shape index (κ2) is 15.7. The van der Waals surface area contributed by atoms with E-state index < -0.39 is 12.1 Å². The Balaban J connectivity index is 3.22. The van der Waals surface area contributed by atoms with Crippen molar-refractivity contribution in [1.82, 2.24) is 0 Å². The Hall–Kier alpha value is -0.670. The molecule has 3 nitrogen and oxygen atoms in total. The number of carbonyl (C=O) groups excluding carboxylic acids is 1. The molecule has 0 saturated heterocycles. The van der Waals surface area contributed by atoms with Gasteiger partial charge >= 0.3 is 0 Å². The molecule has 2 atom stereocenters. The maximum Gasteiger partial charge on any atom is 0.139 e. The molecule has 0 radical (unpaired) electrons. The van der Waals surface area contributed by atoms with Crippen molar-refractivity contribution in [2.24, 2.45) is 5.73 Å². The van der Waals surface area contributed by atoms with Crippen molar-refractivity contribution in [3.8, 4) is 0 Å². The van der Waals surface area contributed by atoms with E-state index >= 15 is 0 Å². The van der Waals surface area contributed by atoms with Gasteiger partial charge in [-0.05, 0) is 12.8 Å². The Kier molecular flexibility index (Phi) is 15.2. The zero-order valence-corrected chi connectivity index (χ0v) is 13.8. The van der Waals surface area contributed by atoms with Crippen molar-refractivity contribution < 1.29 is 9.90 Å². The molecular weight excluding hydrogens is 262 g/mol. The Bertz CT molecular complexity index is 254. The summed E-state index contributed by atoms with van der Waals surface area (Å²) in [5.41, 5.74) is 5.39. The molecule has 21 heavy (non-hydrogen) atoms. The molecule has 0 unspecified atom stereocenters. The standard InChI is InChI=1S/C18H35NO2/c1-2-3-4-5-6-7-8-9-10-11-12-13-14-15-18(21)17(19)16-20/h14-18,21H,2-13,19H2,1H3/b15-14+/t17-,18+/m0/s1. The Morgan fingerprint density at radius 3 is 1.86 bits per heavy atom. The summed E-state index contributed by atoms with van der Waals surface area (Å²) >= 11 is 0. The molecule has 0 fully saturated rings. The van der Waals surface area contributed by atoms with E-state index in [1.165, 1.54) is 64.2 Å². The molecule has 0 bridgehead atoms. The van der Waals surface area contributed by atoms with Crippen LogP contribution in [0.4, 0.5) is 0 Å². The molecule has 0 spiro atoms. The molecule has 3 heteroatoms. The van der Waals surface area contributed by atoms with Crippen molar-refractivity contribution in [2.45, 2.75) is 96.1 Å². The van der Waals surface area contributed by atoms with E-state index in [9.17, 15) is 9.90 Å². The number of nitrogens with two attached hydrogens (primary N) is 1.